The Morgan fingerprint density at radius 1 is 0.750 bits per heavy atom. The van der Waals surface area contributed by atoms with Gasteiger partial charge in [0.05, 0.1) is 6.61 Å². The lowest BCUT2D eigenvalue weighted by Crippen LogP contribution is -2.28. The first kappa shape index (κ1) is 26.7. The van der Waals surface area contributed by atoms with Crippen LogP contribution in [-0.2, 0) is 19.1 Å². The molecule has 0 saturated heterocycles. The number of unbranched alkanes of at least 4 members (excludes halogenated alkanes) is 11. The molecule has 0 radical (unpaired) electrons. The van der Waals surface area contributed by atoms with Crippen LogP contribution in [0.1, 0.15) is 112 Å². The monoisotopic (exact) mass is 396 g/mol. The van der Waals surface area contributed by atoms with Gasteiger partial charge in [-0.25, -0.2) is 9.59 Å². The Labute approximate surface area is 173 Å². The van der Waals surface area contributed by atoms with Crippen molar-refractivity contribution >= 4 is 11.9 Å². The Morgan fingerprint density at radius 2 is 1.18 bits per heavy atom. The molecule has 1 atom stereocenters. The van der Waals surface area contributed by atoms with Crippen molar-refractivity contribution in [1.29, 1.82) is 0 Å². The molecule has 0 aliphatic carbocycles. The van der Waals surface area contributed by atoms with E-state index in [0.717, 1.165) is 25.0 Å². The zero-order valence-electron chi connectivity index (χ0n) is 19.1. The highest BCUT2D eigenvalue weighted by Gasteiger charge is 2.22. The number of hydrogen-bond donors (Lipinski definition) is 0. The van der Waals surface area contributed by atoms with Crippen LogP contribution in [0.5, 0.6) is 0 Å². The second-order valence-corrected chi connectivity index (χ2v) is 8.84. The van der Waals surface area contributed by atoms with Gasteiger partial charge < -0.3 is 9.47 Å². The third kappa shape index (κ3) is 16.8. The fraction of sp³-hybridized carbons (Fsp3) is 0.833. The van der Waals surface area contributed by atoms with Gasteiger partial charge in [-0.05, 0) is 18.8 Å². The third-order valence-corrected chi connectivity index (χ3v) is 5.11. The molecule has 0 rings (SSSR count). The summed E-state index contributed by atoms with van der Waals surface area (Å²) in [5, 5.41) is 0. The number of hydrogen-bond acceptors (Lipinski definition) is 4. The number of carbonyl (C=O) groups excluding carboxylic acids is 2. The van der Waals surface area contributed by atoms with E-state index in [2.05, 4.69) is 6.92 Å². The molecule has 1 unspecified atom stereocenters. The smallest absolute Gasteiger partial charge is 0.331 e. The Kier molecular flexibility index (Phi) is 15.8. The molecule has 0 aromatic heterocycles. The van der Waals surface area contributed by atoms with Gasteiger partial charge in [-0.2, -0.15) is 0 Å². The first-order valence-electron chi connectivity index (χ1n) is 11.3. The molecule has 28 heavy (non-hydrogen) atoms. The summed E-state index contributed by atoms with van der Waals surface area (Å²) < 4.78 is 10.4. The van der Waals surface area contributed by atoms with E-state index >= 15 is 0 Å². The maximum atomic E-state index is 11.7. The predicted octanol–water partition coefficient (Wildman–Crippen LogP) is 6.76. The molecule has 0 amide bonds. The fourth-order valence-corrected chi connectivity index (χ4v) is 2.69. The zero-order valence-corrected chi connectivity index (χ0v) is 19.1. The zero-order chi connectivity index (χ0) is 21.3. The van der Waals surface area contributed by atoms with Gasteiger partial charge >= 0.3 is 11.9 Å². The second-order valence-electron chi connectivity index (χ2n) is 8.84. The van der Waals surface area contributed by atoms with Crippen LogP contribution < -0.4 is 0 Å². The van der Waals surface area contributed by atoms with Gasteiger partial charge in [0, 0.05) is 12.2 Å². The molecule has 0 N–H and O–H groups in total. The molecule has 164 valence electrons. The summed E-state index contributed by atoms with van der Waals surface area (Å²) in [6.07, 6.45) is 17.4. The van der Waals surface area contributed by atoms with Crippen molar-refractivity contribution in [3.63, 3.8) is 0 Å². The van der Waals surface area contributed by atoms with Crippen LogP contribution in [0.25, 0.3) is 0 Å². The van der Waals surface area contributed by atoms with Crippen LogP contribution in [0, 0.1) is 5.41 Å². The molecular weight excluding hydrogens is 352 g/mol. The summed E-state index contributed by atoms with van der Waals surface area (Å²) >= 11 is 0. The van der Waals surface area contributed by atoms with Gasteiger partial charge in [-0.1, -0.05) is 98.3 Å². The summed E-state index contributed by atoms with van der Waals surface area (Å²) in [6.45, 7) is 10.5. The van der Waals surface area contributed by atoms with Crippen molar-refractivity contribution < 1.29 is 19.1 Å². The molecule has 0 aliphatic heterocycles. The Balaban J connectivity index is 3.54. The van der Waals surface area contributed by atoms with Gasteiger partial charge in [0.2, 0.25) is 0 Å². The van der Waals surface area contributed by atoms with Crippen LogP contribution >= 0.6 is 0 Å². The van der Waals surface area contributed by atoms with E-state index in [9.17, 15) is 9.59 Å². The van der Waals surface area contributed by atoms with E-state index in [4.69, 9.17) is 9.47 Å². The molecule has 0 fully saturated rings. The summed E-state index contributed by atoms with van der Waals surface area (Å²) in [7, 11) is 0. The van der Waals surface area contributed by atoms with Crippen LogP contribution in [0.4, 0.5) is 0 Å². The van der Waals surface area contributed by atoms with Crippen LogP contribution in [0.2, 0.25) is 0 Å². The van der Waals surface area contributed by atoms with Gasteiger partial charge in [-0.3, -0.25) is 0 Å². The highest BCUT2D eigenvalue weighted by atomic mass is 16.5. The van der Waals surface area contributed by atoms with Gasteiger partial charge in [0.15, 0.2) is 0 Å². The van der Waals surface area contributed by atoms with Crippen molar-refractivity contribution in [3.8, 4) is 0 Å². The first-order valence-corrected chi connectivity index (χ1v) is 11.3. The molecule has 4 nitrogen and oxygen atoms in total. The minimum absolute atomic E-state index is 0.126. The lowest BCUT2D eigenvalue weighted by molar-refractivity contribution is -0.147. The molecule has 0 saturated carbocycles. The molecule has 0 aromatic rings. The second kappa shape index (κ2) is 16.6. The average Bonchev–Trinajstić information content (AvgIpc) is 2.63. The fourth-order valence-electron chi connectivity index (χ4n) is 2.69. The molecule has 0 bridgehead atoms. The standard InChI is InChI=1S/C24H44O4/c1-6-7-8-9-10-11-12-13-14-15-16-17-20-27-22(25)18-19-23(26)28-21(2)24(3,4)5/h18-19,21H,6-17,20H2,1-5H3/b19-18+. The predicted molar refractivity (Wildman–Crippen MR) is 116 cm³/mol. The average molecular weight is 397 g/mol. The quantitative estimate of drug-likeness (QED) is 0.164. The van der Waals surface area contributed by atoms with E-state index in [-0.39, 0.29) is 11.5 Å². The Morgan fingerprint density at radius 3 is 1.64 bits per heavy atom. The van der Waals surface area contributed by atoms with E-state index in [1.165, 1.54) is 64.2 Å². The molecule has 0 aromatic carbocycles. The van der Waals surface area contributed by atoms with Crippen molar-refractivity contribution in [2.45, 2.75) is 118 Å². The van der Waals surface area contributed by atoms with E-state index in [1.807, 2.05) is 27.7 Å². The van der Waals surface area contributed by atoms with E-state index in [1.54, 1.807) is 0 Å². The Hall–Kier alpha value is -1.32. The van der Waals surface area contributed by atoms with Gasteiger partial charge in [0.1, 0.15) is 6.10 Å². The maximum absolute atomic E-state index is 11.7. The van der Waals surface area contributed by atoms with Crippen molar-refractivity contribution in [2.24, 2.45) is 5.41 Å². The van der Waals surface area contributed by atoms with Crippen LogP contribution in [0.15, 0.2) is 12.2 Å². The van der Waals surface area contributed by atoms with Gasteiger partial charge in [0.25, 0.3) is 0 Å². The number of rotatable bonds is 16. The van der Waals surface area contributed by atoms with Crippen molar-refractivity contribution in [2.75, 3.05) is 6.61 Å². The van der Waals surface area contributed by atoms with Crippen LogP contribution in [-0.4, -0.2) is 24.6 Å². The van der Waals surface area contributed by atoms with E-state index in [0.29, 0.717) is 6.61 Å². The number of carbonyl (C=O) groups is 2. The topological polar surface area (TPSA) is 52.6 Å². The number of ether oxygens (including phenoxy) is 2. The summed E-state index contributed by atoms with van der Waals surface area (Å²) in [5.74, 6) is -0.992. The first-order chi connectivity index (χ1) is 13.3. The van der Waals surface area contributed by atoms with Crippen molar-refractivity contribution in [1.82, 2.24) is 0 Å². The number of esters is 2. The largest absolute Gasteiger partial charge is 0.463 e. The molecule has 0 spiro atoms. The van der Waals surface area contributed by atoms with Crippen molar-refractivity contribution in [3.05, 3.63) is 12.2 Å². The highest BCUT2D eigenvalue weighted by molar-refractivity contribution is 5.91. The molecular formula is C24H44O4. The SMILES string of the molecule is CCCCCCCCCCCCCCOC(=O)/C=C/C(=O)OC(C)C(C)(C)C. The molecule has 0 heterocycles. The minimum atomic E-state index is -0.510. The van der Waals surface area contributed by atoms with E-state index < -0.39 is 11.9 Å². The third-order valence-electron chi connectivity index (χ3n) is 5.11. The maximum Gasteiger partial charge on any atom is 0.331 e. The lowest BCUT2D eigenvalue weighted by atomic mass is 9.90. The van der Waals surface area contributed by atoms with Gasteiger partial charge in [-0.15, -0.1) is 0 Å². The van der Waals surface area contributed by atoms with Crippen LogP contribution in [0.3, 0.4) is 0 Å². The normalized spacial score (nSPS) is 12.9. The highest BCUT2D eigenvalue weighted by Crippen LogP contribution is 2.21. The summed E-state index contributed by atoms with van der Waals surface area (Å²) in [6, 6.07) is 0. The lowest BCUT2D eigenvalue weighted by Gasteiger charge is -2.26. The summed E-state index contributed by atoms with van der Waals surface area (Å²) in [4.78, 5) is 23.3. The molecule has 0 aliphatic rings. The Bertz CT molecular complexity index is 434. The molecule has 4 heteroatoms. The summed E-state index contributed by atoms with van der Waals surface area (Å²) in [5.41, 5.74) is -0.126. The minimum Gasteiger partial charge on any atom is -0.463 e.